The van der Waals surface area contributed by atoms with Crippen LogP contribution in [-0.2, 0) is 20.6 Å². The van der Waals surface area contributed by atoms with Gasteiger partial charge < -0.3 is 5.32 Å². The summed E-state index contributed by atoms with van der Waals surface area (Å²) in [4.78, 5) is 12.8. The number of amides is 1. The third-order valence-corrected chi connectivity index (χ3v) is 7.95. The minimum absolute atomic E-state index is 0.126. The van der Waals surface area contributed by atoms with Crippen molar-refractivity contribution in [3.05, 3.63) is 69.2 Å². The number of carbonyl (C=O) groups is 1. The Kier molecular flexibility index (Phi) is 7.45. The van der Waals surface area contributed by atoms with Crippen molar-refractivity contribution in [1.29, 1.82) is 0 Å². The lowest BCUT2D eigenvalue weighted by molar-refractivity contribution is -0.126. The van der Waals surface area contributed by atoms with Gasteiger partial charge in [-0.1, -0.05) is 59.1 Å². The van der Waals surface area contributed by atoms with E-state index in [1.165, 1.54) is 4.31 Å². The molecule has 30 heavy (non-hydrogen) atoms. The molecule has 0 radical (unpaired) electrons. The fourth-order valence-electron chi connectivity index (χ4n) is 3.62. The fourth-order valence-corrected chi connectivity index (χ4v) is 5.98. The molecule has 1 amide bonds. The first-order valence-corrected chi connectivity index (χ1v) is 12.3. The highest BCUT2D eigenvalue weighted by atomic mass is 35.5. The summed E-state index contributed by atoms with van der Waals surface area (Å²) in [5.74, 6) is -0.790. The Bertz CT molecular complexity index is 989. The number of aryl methyl sites for hydroxylation is 1. The van der Waals surface area contributed by atoms with Crippen LogP contribution < -0.4 is 5.32 Å². The van der Waals surface area contributed by atoms with E-state index in [1.54, 1.807) is 18.2 Å². The number of rotatable bonds is 6. The van der Waals surface area contributed by atoms with Crippen LogP contribution in [0.15, 0.2) is 42.5 Å². The van der Waals surface area contributed by atoms with Gasteiger partial charge in [0, 0.05) is 28.7 Å². The SMILES string of the molecule is Cc1ccc([C@@H](C)NC(=O)[C@@H]2CCCN(S(=O)(=O)Cc3c(Cl)cccc3Cl)C2)cc1. The Hall–Kier alpha value is -1.60. The molecule has 1 heterocycles. The third kappa shape index (κ3) is 5.55. The molecule has 162 valence electrons. The Morgan fingerprint density at radius 2 is 1.80 bits per heavy atom. The van der Waals surface area contributed by atoms with Crippen LogP contribution in [0.2, 0.25) is 10.0 Å². The van der Waals surface area contributed by atoms with Crippen molar-refractivity contribution >= 4 is 39.1 Å². The average Bonchev–Trinajstić information content (AvgIpc) is 2.71. The molecule has 0 aromatic heterocycles. The lowest BCUT2D eigenvalue weighted by Crippen LogP contribution is -2.46. The van der Waals surface area contributed by atoms with Gasteiger partial charge in [-0.15, -0.1) is 0 Å². The predicted molar refractivity (Wildman–Crippen MR) is 121 cm³/mol. The topological polar surface area (TPSA) is 66.5 Å². The average molecular weight is 469 g/mol. The summed E-state index contributed by atoms with van der Waals surface area (Å²) in [6, 6.07) is 12.8. The summed E-state index contributed by atoms with van der Waals surface area (Å²) in [6.45, 7) is 4.50. The van der Waals surface area contributed by atoms with Crippen LogP contribution in [0.4, 0.5) is 0 Å². The van der Waals surface area contributed by atoms with Gasteiger partial charge in [0.05, 0.1) is 17.7 Å². The molecule has 2 aromatic rings. The zero-order chi connectivity index (χ0) is 21.9. The van der Waals surface area contributed by atoms with Crippen LogP contribution in [0.3, 0.4) is 0 Å². The van der Waals surface area contributed by atoms with Crippen molar-refractivity contribution in [2.24, 2.45) is 5.92 Å². The molecule has 8 heteroatoms. The molecule has 2 atom stereocenters. The number of piperidine rings is 1. The largest absolute Gasteiger partial charge is 0.349 e. The van der Waals surface area contributed by atoms with Gasteiger partial charge in [0.2, 0.25) is 15.9 Å². The van der Waals surface area contributed by atoms with Crippen molar-refractivity contribution in [2.75, 3.05) is 13.1 Å². The van der Waals surface area contributed by atoms with E-state index in [1.807, 2.05) is 38.1 Å². The molecule has 0 saturated carbocycles. The highest BCUT2D eigenvalue weighted by molar-refractivity contribution is 7.88. The molecule has 0 spiro atoms. The standard InChI is InChI=1S/C22H26Cl2N2O3S/c1-15-8-10-17(11-9-15)16(2)25-22(27)18-5-4-12-26(13-18)30(28,29)14-19-20(23)6-3-7-21(19)24/h3,6-11,16,18H,4-5,12-14H2,1-2H3,(H,25,27)/t16-,18-/m1/s1. The molecule has 3 rings (SSSR count). The van der Waals surface area contributed by atoms with E-state index in [4.69, 9.17) is 23.2 Å². The highest BCUT2D eigenvalue weighted by Gasteiger charge is 2.33. The number of halogens is 2. The van der Waals surface area contributed by atoms with Crippen LogP contribution in [0.5, 0.6) is 0 Å². The van der Waals surface area contributed by atoms with Crippen molar-refractivity contribution in [3.63, 3.8) is 0 Å². The maximum Gasteiger partial charge on any atom is 0.224 e. The predicted octanol–water partition coefficient (Wildman–Crippen LogP) is 4.72. The Balaban J connectivity index is 1.66. The van der Waals surface area contributed by atoms with E-state index in [0.29, 0.717) is 35.0 Å². The van der Waals surface area contributed by atoms with Crippen molar-refractivity contribution in [1.82, 2.24) is 9.62 Å². The maximum absolute atomic E-state index is 13.0. The second kappa shape index (κ2) is 9.69. The van der Waals surface area contributed by atoms with Crippen molar-refractivity contribution < 1.29 is 13.2 Å². The molecular formula is C22H26Cl2N2O3S. The number of hydrogen-bond donors (Lipinski definition) is 1. The van der Waals surface area contributed by atoms with Crippen molar-refractivity contribution in [2.45, 2.75) is 38.5 Å². The van der Waals surface area contributed by atoms with Gasteiger partial charge in [0.1, 0.15) is 0 Å². The Labute approximate surface area is 188 Å². The number of nitrogens with one attached hydrogen (secondary N) is 1. The summed E-state index contributed by atoms with van der Waals surface area (Å²) < 4.78 is 27.3. The first kappa shape index (κ1) is 23.1. The van der Waals surface area contributed by atoms with Gasteiger partial charge in [-0.3, -0.25) is 4.79 Å². The number of hydrogen-bond acceptors (Lipinski definition) is 3. The van der Waals surface area contributed by atoms with Crippen LogP contribution in [0.25, 0.3) is 0 Å². The number of carbonyl (C=O) groups excluding carboxylic acids is 1. The monoisotopic (exact) mass is 468 g/mol. The van der Waals surface area contributed by atoms with E-state index in [2.05, 4.69) is 5.32 Å². The third-order valence-electron chi connectivity index (χ3n) is 5.47. The van der Waals surface area contributed by atoms with Crippen LogP contribution >= 0.6 is 23.2 Å². The molecule has 2 aromatic carbocycles. The summed E-state index contributed by atoms with van der Waals surface area (Å²) in [5, 5.41) is 3.67. The highest BCUT2D eigenvalue weighted by Crippen LogP contribution is 2.29. The molecule has 0 bridgehead atoms. The normalized spacial score (nSPS) is 18.7. The number of benzene rings is 2. The summed E-state index contributed by atoms with van der Waals surface area (Å²) in [6.07, 6.45) is 1.29. The van der Waals surface area contributed by atoms with E-state index >= 15 is 0 Å². The minimum Gasteiger partial charge on any atom is -0.349 e. The van der Waals surface area contributed by atoms with E-state index in [0.717, 1.165) is 11.1 Å². The van der Waals surface area contributed by atoms with Gasteiger partial charge >= 0.3 is 0 Å². The van der Waals surface area contributed by atoms with E-state index < -0.39 is 10.0 Å². The Morgan fingerprint density at radius 3 is 2.43 bits per heavy atom. The smallest absolute Gasteiger partial charge is 0.224 e. The summed E-state index contributed by atoms with van der Waals surface area (Å²) in [7, 11) is -3.65. The van der Waals surface area contributed by atoms with Gasteiger partial charge in [-0.25, -0.2) is 12.7 Å². The molecule has 1 aliphatic heterocycles. The second-order valence-corrected chi connectivity index (χ2v) is 10.6. The molecular weight excluding hydrogens is 443 g/mol. The zero-order valence-electron chi connectivity index (χ0n) is 17.1. The minimum atomic E-state index is -3.65. The van der Waals surface area contributed by atoms with Crippen LogP contribution in [-0.4, -0.2) is 31.7 Å². The molecule has 0 aliphatic carbocycles. The van der Waals surface area contributed by atoms with Gasteiger partial charge in [-0.05, 0) is 44.4 Å². The Morgan fingerprint density at radius 1 is 1.17 bits per heavy atom. The number of sulfonamides is 1. The van der Waals surface area contributed by atoms with Crippen molar-refractivity contribution in [3.8, 4) is 0 Å². The molecule has 0 unspecified atom stereocenters. The zero-order valence-corrected chi connectivity index (χ0v) is 19.4. The molecule has 1 N–H and O–H groups in total. The quantitative estimate of drug-likeness (QED) is 0.666. The van der Waals surface area contributed by atoms with Crippen LogP contribution in [0, 0.1) is 12.8 Å². The first-order valence-electron chi connectivity index (χ1n) is 9.95. The lowest BCUT2D eigenvalue weighted by Gasteiger charge is -2.32. The first-order chi connectivity index (χ1) is 14.2. The molecule has 1 aliphatic rings. The van der Waals surface area contributed by atoms with Gasteiger partial charge in [-0.2, -0.15) is 0 Å². The molecule has 1 saturated heterocycles. The molecule has 5 nitrogen and oxygen atoms in total. The second-order valence-electron chi connectivity index (χ2n) is 7.79. The van der Waals surface area contributed by atoms with Crippen LogP contribution in [0.1, 0.15) is 42.5 Å². The van der Waals surface area contributed by atoms with E-state index in [9.17, 15) is 13.2 Å². The van der Waals surface area contributed by atoms with Gasteiger partial charge in [0.15, 0.2) is 0 Å². The van der Waals surface area contributed by atoms with Gasteiger partial charge in [0.25, 0.3) is 0 Å². The number of nitrogens with zero attached hydrogens (tertiary/aromatic N) is 1. The summed E-state index contributed by atoms with van der Waals surface area (Å²) in [5.41, 5.74) is 2.56. The fraction of sp³-hybridized carbons (Fsp3) is 0.409. The van der Waals surface area contributed by atoms with E-state index in [-0.39, 0.29) is 30.2 Å². The lowest BCUT2D eigenvalue weighted by atomic mass is 9.97. The summed E-state index contributed by atoms with van der Waals surface area (Å²) >= 11 is 12.3. The maximum atomic E-state index is 13.0. The molecule has 1 fully saturated rings.